The van der Waals surface area contributed by atoms with Gasteiger partial charge in [0.15, 0.2) is 0 Å². The Kier molecular flexibility index (Phi) is 15.8. The predicted molar refractivity (Wildman–Crippen MR) is 149 cm³/mol. The molecule has 0 aliphatic rings. The van der Waals surface area contributed by atoms with E-state index in [1.165, 1.54) is 60.8 Å². The largest absolute Gasteiger partial charge is 0.0651 e. The van der Waals surface area contributed by atoms with E-state index in [9.17, 15) is 0 Å². The normalized spacial score (nSPS) is 10.0. The predicted octanol–water partition coefficient (Wildman–Crippen LogP) is 9.60. The molecule has 0 radical (unpaired) electrons. The zero-order chi connectivity index (χ0) is 24.3. The Bertz CT molecular complexity index is 826. The maximum absolute atomic E-state index is 2.26. The third-order valence-electron chi connectivity index (χ3n) is 6.06. The molecule has 33 heavy (non-hydrogen) atoms. The van der Waals surface area contributed by atoms with Crippen LogP contribution in [0.2, 0.25) is 0 Å². The van der Waals surface area contributed by atoms with Crippen molar-refractivity contribution in [3.05, 3.63) is 106 Å². The number of rotatable bonds is 9. The van der Waals surface area contributed by atoms with Crippen LogP contribution in [-0.2, 0) is 38.5 Å². The molecule has 0 aliphatic carbocycles. The van der Waals surface area contributed by atoms with Crippen LogP contribution in [0.1, 0.15) is 94.2 Å². The highest BCUT2D eigenvalue weighted by molar-refractivity contribution is 5.28. The molecule has 0 saturated heterocycles. The molecule has 180 valence electrons. The lowest BCUT2D eigenvalue weighted by atomic mass is 10.00. The summed E-state index contributed by atoms with van der Waals surface area (Å²) in [5, 5.41) is 0. The number of aryl methyl sites for hydroxylation is 6. The lowest BCUT2D eigenvalue weighted by Crippen LogP contribution is -1.92. The summed E-state index contributed by atoms with van der Waals surface area (Å²) in [7, 11) is 0. The van der Waals surface area contributed by atoms with Crippen LogP contribution in [0, 0.1) is 0 Å². The lowest BCUT2D eigenvalue weighted by Gasteiger charge is -2.06. The molecule has 0 saturated carbocycles. The fourth-order valence-electron chi connectivity index (χ4n) is 4.25. The van der Waals surface area contributed by atoms with Crippen LogP contribution in [-0.4, -0.2) is 0 Å². The molecule has 0 N–H and O–H groups in total. The van der Waals surface area contributed by atoms with Crippen molar-refractivity contribution in [1.82, 2.24) is 0 Å². The van der Waals surface area contributed by atoms with Gasteiger partial charge >= 0.3 is 0 Å². The van der Waals surface area contributed by atoms with Crippen molar-refractivity contribution < 1.29 is 0 Å². The van der Waals surface area contributed by atoms with Gasteiger partial charge in [0.25, 0.3) is 0 Å². The summed E-state index contributed by atoms with van der Waals surface area (Å²) < 4.78 is 0. The smallest absolute Gasteiger partial charge is 0.0279 e. The molecule has 3 aromatic rings. The summed E-state index contributed by atoms with van der Waals surface area (Å²) >= 11 is 0. The average Bonchev–Trinajstić information content (AvgIpc) is 2.87. The monoisotopic (exact) mass is 444 g/mol. The molecule has 0 bridgehead atoms. The average molecular weight is 445 g/mol. The lowest BCUT2D eigenvalue weighted by molar-refractivity contribution is 0.861. The molecular formula is C33H48. The first-order chi connectivity index (χ1) is 16.1. The summed E-state index contributed by atoms with van der Waals surface area (Å²) in [6.07, 6.45) is 10.9. The fraction of sp³-hybridized carbons (Fsp3) is 0.455. The third-order valence-corrected chi connectivity index (χ3v) is 6.06. The van der Waals surface area contributed by atoms with Crippen molar-refractivity contribution in [2.24, 2.45) is 0 Å². The number of hydrogen-bond acceptors (Lipinski definition) is 0. The molecule has 0 unspecified atom stereocenters. The first kappa shape index (κ1) is 28.7. The van der Waals surface area contributed by atoms with Gasteiger partial charge in [-0.05, 0) is 71.9 Å². The first-order valence-corrected chi connectivity index (χ1v) is 13.3. The van der Waals surface area contributed by atoms with Crippen LogP contribution in [0.3, 0.4) is 0 Å². The maximum atomic E-state index is 2.26. The minimum Gasteiger partial charge on any atom is -0.0651 e. The second-order valence-corrected chi connectivity index (χ2v) is 8.62. The van der Waals surface area contributed by atoms with Crippen LogP contribution in [0.25, 0.3) is 0 Å². The Morgan fingerprint density at radius 3 is 0.788 bits per heavy atom. The van der Waals surface area contributed by atoms with Gasteiger partial charge in [0, 0.05) is 0 Å². The molecule has 0 aliphatic heterocycles. The molecule has 0 spiro atoms. The van der Waals surface area contributed by atoms with Crippen molar-refractivity contribution in [3.63, 3.8) is 0 Å². The van der Waals surface area contributed by atoms with E-state index in [0.29, 0.717) is 0 Å². The van der Waals surface area contributed by atoms with E-state index in [1.807, 2.05) is 0 Å². The van der Waals surface area contributed by atoms with Gasteiger partial charge in [-0.1, -0.05) is 134 Å². The van der Waals surface area contributed by atoms with Crippen molar-refractivity contribution in [2.45, 2.75) is 99.3 Å². The standard InChI is InChI=1S/C12H18.C11H16.C10H14/c1-3-7-11-9-5-6-10-12(11)8-4-2;1-3-7-11-9-6-5-8-10(11)4-2;1-3-9-7-5-6-8-10(9)4-2/h5-6,9-10H,3-4,7-8H2,1-2H3;5-6,8-9H,3-4,7H2,1-2H3;5-8H,3-4H2,1-2H3. The van der Waals surface area contributed by atoms with Gasteiger partial charge in [-0.2, -0.15) is 0 Å². The van der Waals surface area contributed by atoms with Gasteiger partial charge in [0.2, 0.25) is 0 Å². The van der Waals surface area contributed by atoms with Crippen molar-refractivity contribution >= 4 is 0 Å². The highest BCUT2D eigenvalue weighted by Crippen LogP contribution is 2.13. The van der Waals surface area contributed by atoms with Gasteiger partial charge in [0.1, 0.15) is 0 Å². The molecule has 0 aromatic heterocycles. The van der Waals surface area contributed by atoms with Crippen LogP contribution >= 0.6 is 0 Å². The Morgan fingerprint density at radius 2 is 0.545 bits per heavy atom. The Labute approximate surface area is 205 Å². The van der Waals surface area contributed by atoms with Crippen LogP contribution in [0.4, 0.5) is 0 Å². The van der Waals surface area contributed by atoms with Crippen molar-refractivity contribution in [3.8, 4) is 0 Å². The molecule has 3 aromatic carbocycles. The number of benzene rings is 3. The molecular weight excluding hydrogens is 396 g/mol. The van der Waals surface area contributed by atoms with E-state index in [-0.39, 0.29) is 0 Å². The van der Waals surface area contributed by atoms with E-state index < -0.39 is 0 Å². The van der Waals surface area contributed by atoms with Crippen LogP contribution in [0.5, 0.6) is 0 Å². The summed E-state index contributed by atoms with van der Waals surface area (Å²) in [6, 6.07) is 26.2. The SMILES string of the molecule is CCCc1ccccc1CC.CCCc1ccccc1CCC.CCc1ccccc1CC. The van der Waals surface area contributed by atoms with Crippen LogP contribution in [0.15, 0.2) is 72.8 Å². The first-order valence-electron chi connectivity index (χ1n) is 13.3. The van der Waals surface area contributed by atoms with Gasteiger partial charge in [-0.3, -0.25) is 0 Å². The van der Waals surface area contributed by atoms with E-state index in [4.69, 9.17) is 0 Å². The maximum Gasteiger partial charge on any atom is -0.0279 e. The summed E-state index contributed by atoms with van der Waals surface area (Å²) in [4.78, 5) is 0. The molecule has 0 nitrogen and oxygen atoms in total. The van der Waals surface area contributed by atoms with Crippen LogP contribution < -0.4 is 0 Å². The second kappa shape index (κ2) is 18.1. The molecule has 0 heteroatoms. The third kappa shape index (κ3) is 10.9. The van der Waals surface area contributed by atoms with E-state index in [1.54, 1.807) is 11.1 Å². The topological polar surface area (TPSA) is 0 Å². The highest BCUT2D eigenvalue weighted by atomic mass is 14.0. The van der Waals surface area contributed by atoms with Gasteiger partial charge in [0.05, 0.1) is 0 Å². The molecule has 0 atom stereocenters. The van der Waals surface area contributed by atoms with Crippen molar-refractivity contribution in [1.29, 1.82) is 0 Å². The Balaban J connectivity index is 0.000000249. The fourth-order valence-corrected chi connectivity index (χ4v) is 4.25. The van der Waals surface area contributed by atoms with E-state index in [0.717, 1.165) is 19.3 Å². The zero-order valence-electron chi connectivity index (χ0n) is 22.3. The summed E-state index contributed by atoms with van der Waals surface area (Å²) in [5.74, 6) is 0. The Morgan fingerprint density at radius 1 is 0.333 bits per heavy atom. The molecule has 3 rings (SSSR count). The summed E-state index contributed by atoms with van der Waals surface area (Å²) in [5.41, 5.74) is 9.10. The number of hydrogen-bond donors (Lipinski definition) is 0. The molecule has 0 fully saturated rings. The van der Waals surface area contributed by atoms with Gasteiger partial charge < -0.3 is 0 Å². The van der Waals surface area contributed by atoms with Crippen molar-refractivity contribution in [2.75, 3.05) is 0 Å². The van der Waals surface area contributed by atoms with E-state index >= 15 is 0 Å². The van der Waals surface area contributed by atoms with Gasteiger partial charge in [-0.25, -0.2) is 0 Å². The zero-order valence-corrected chi connectivity index (χ0v) is 22.3. The molecule has 0 heterocycles. The Hall–Kier alpha value is -2.34. The second-order valence-electron chi connectivity index (χ2n) is 8.62. The minimum atomic E-state index is 1.16. The summed E-state index contributed by atoms with van der Waals surface area (Å²) in [6.45, 7) is 13.3. The van der Waals surface area contributed by atoms with Gasteiger partial charge in [-0.15, -0.1) is 0 Å². The quantitative estimate of drug-likeness (QED) is 0.308. The molecule has 0 amide bonds. The minimum absolute atomic E-state index is 1.16. The van der Waals surface area contributed by atoms with E-state index in [2.05, 4.69) is 114 Å². The highest BCUT2D eigenvalue weighted by Gasteiger charge is 1.98.